The first-order valence-electron chi connectivity index (χ1n) is 10.9. The van der Waals surface area contributed by atoms with Gasteiger partial charge in [-0.05, 0) is 68.0 Å². The highest BCUT2D eigenvalue weighted by Crippen LogP contribution is 2.63. The second-order valence-corrected chi connectivity index (χ2v) is 10.4. The van der Waals surface area contributed by atoms with Gasteiger partial charge in [0.05, 0.1) is 18.1 Å². The third-order valence-electron chi connectivity index (χ3n) is 8.12. The molecule has 0 bridgehead atoms. The molecule has 3 aliphatic rings. The summed E-state index contributed by atoms with van der Waals surface area (Å²) < 4.78 is 5.23. The molecule has 0 radical (unpaired) electrons. The number of nitrogens with zero attached hydrogens (tertiary/aromatic N) is 1. The Kier molecular flexibility index (Phi) is 6.29. The molecule has 0 amide bonds. The molecule has 0 aromatic carbocycles. The molecule has 29 heavy (non-hydrogen) atoms. The van der Waals surface area contributed by atoms with E-state index in [1.54, 1.807) is 0 Å². The lowest BCUT2D eigenvalue weighted by atomic mass is 9.43. The highest BCUT2D eigenvalue weighted by molar-refractivity contribution is 5.86. The Morgan fingerprint density at radius 2 is 1.93 bits per heavy atom. The summed E-state index contributed by atoms with van der Waals surface area (Å²) in [5.74, 6) is -0.650. The molecule has 0 heterocycles. The van der Waals surface area contributed by atoms with Crippen molar-refractivity contribution in [2.75, 3.05) is 27.2 Å². The molecular formula is C23H37NO5. The monoisotopic (exact) mass is 407 g/mol. The van der Waals surface area contributed by atoms with E-state index in [0.29, 0.717) is 31.6 Å². The molecule has 3 fully saturated rings. The summed E-state index contributed by atoms with van der Waals surface area (Å²) in [6.45, 7) is 7.32. The first kappa shape index (κ1) is 22.4. The summed E-state index contributed by atoms with van der Waals surface area (Å²) in [5.41, 5.74) is 0.219. The van der Waals surface area contributed by atoms with Gasteiger partial charge in [0.1, 0.15) is 12.4 Å². The van der Waals surface area contributed by atoms with Gasteiger partial charge in [-0.2, -0.15) is 0 Å². The molecule has 0 spiro atoms. The van der Waals surface area contributed by atoms with Crippen LogP contribution in [0.15, 0.2) is 11.6 Å². The van der Waals surface area contributed by atoms with Crippen LogP contribution in [0.1, 0.15) is 52.9 Å². The van der Waals surface area contributed by atoms with E-state index < -0.39 is 24.1 Å². The number of aliphatic hydroxyl groups excluding tert-OH is 2. The Balaban J connectivity index is 1.78. The molecule has 6 atom stereocenters. The summed E-state index contributed by atoms with van der Waals surface area (Å²) in [5, 5.41) is 21.6. The second kappa shape index (κ2) is 8.12. The number of carbonyl (C=O) groups excluding carboxylic acids is 2. The van der Waals surface area contributed by atoms with Gasteiger partial charge in [-0.3, -0.25) is 4.79 Å². The maximum Gasteiger partial charge on any atom is 0.330 e. The molecule has 3 aliphatic carbocycles. The highest BCUT2D eigenvalue weighted by atomic mass is 16.5. The van der Waals surface area contributed by atoms with Gasteiger partial charge in [0.2, 0.25) is 0 Å². The predicted molar refractivity (Wildman–Crippen MR) is 110 cm³/mol. The molecule has 3 rings (SSSR count). The van der Waals surface area contributed by atoms with Crippen LogP contribution < -0.4 is 0 Å². The fourth-order valence-corrected chi connectivity index (χ4v) is 6.27. The largest absolute Gasteiger partial charge is 0.461 e. The maximum atomic E-state index is 13.1. The smallest absolute Gasteiger partial charge is 0.330 e. The molecule has 0 aliphatic heterocycles. The van der Waals surface area contributed by atoms with Crippen molar-refractivity contribution in [2.24, 2.45) is 28.6 Å². The Hall–Kier alpha value is -1.24. The molecule has 164 valence electrons. The van der Waals surface area contributed by atoms with Crippen LogP contribution in [-0.4, -0.2) is 66.3 Å². The van der Waals surface area contributed by atoms with E-state index >= 15 is 0 Å². The number of rotatable bonds is 4. The zero-order valence-corrected chi connectivity index (χ0v) is 18.5. The van der Waals surface area contributed by atoms with Gasteiger partial charge in [-0.15, -0.1) is 0 Å². The maximum absolute atomic E-state index is 13.1. The van der Waals surface area contributed by atoms with Crippen molar-refractivity contribution in [3.05, 3.63) is 11.6 Å². The van der Waals surface area contributed by atoms with Gasteiger partial charge < -0.3 is 19.8 Å². The number of aliphatic hydroxyl groups is 2. The summed E-state index contributed by atoms with van der Waals surface area (Å²) in [6, 6.07) is 0. The number of ether oxygens (including phenoxy) is 1. The zero-order chi connectivity index (χ0) is 21.6. The van der Waals surface area contributed by atoms with Gasteiger partial charge in [-0.1, -0.05) is 20.8 Å². The minimum Gasteiger partial charge on any atom is -0.461 e. The normalized spacial score (nSPS) is 40.5. The van der Waals surface area contributed by atoms with Gasteiger partial charge in [0.25, 0.3) is 0 Å². The number of fused-ring (bicyclic) bond motifs is 3. The first-order chi connectivity index (χ1) is 13.5. The predicted octanol–water partition coefficient (Wildman–Crippen LogP) is 2.18. The van der Waals surface area contributed by atoms with E-state index in [1.807, 2.05) is 19.0 Å². The number of hydrogen-bond donors (Lipinski definition) is 2. The minimum atomic E-state index is -0.921. The fourth-order valence-electron chi connectivity index (χ4n) is 6.27. The first-order valence-corrected chi connectivity index (χ1v) is 10.9. The molecule has 2 N–H and O–H groups in total. The number of hydrogen-bond acceptors (Lipinski definition) is 6. The molecule has 3 saturated carbocycles. The average molecular weight is 408 g/mol. The van der Waals surface area contributed by atoms with Crippen molar-refractivity contribution < 1.29 is 24.5 Å². The van der Waals surface area contributed by atoms with Crippen molar-refractivity contribution in [3.63, 3.8) is 0 Å². The molecular weight excluding hydrogens is 370 g/mol. The van der Waals surface area contributed by atoms with E-state index in [9.17, 15) is 19.8 Å². The van der Waals surface area contributed by atoms with Crippen LogP contribution in [0.4, 0.5) is 0 Å². The lowest BCUT2D eigenvalue weighted by Crippen LogP contribution is -2.61. The van der Waals surface area contributed by atoms with Crippen LogP contribution in [-0.2, 0) is 14.3 Å². The summed E-state index contributed by atoms with van der Waals surface area (Å²) in [4.78, 5) is 27.2. The minimum absolute atomic E-state index is 0.0683. The van der Waals surface area contributed by atoms with Crippen LogP contribution in [0.25, 0.3) is 0 Å². The number of likely N-dealkylation sites (N-methyl/N-ethyl adjacent to an activating group) is 1. The van der Waals surface area contributed by atoms with Gasteiger partial charge in [0.15, 0.2) is 0 Å². The van der Waals surface area contributed by atoms with Gasteiger partial charge >= 0.3 is 5.97 Å². The standard InChI is InChI=1S/C23H37NO5/c1-22(2)17-13-16(25)20-15(23(17,3)9-8-18(22)26)7-6-14(21(20)28)12-19(27)29-11-10-24(4)5/h12,15,17-18,20-21,26,28H,6-11,13H2,1-5H3/b14-12+/t15-,17-,18-,20-,21-,23+/m0/s1. The van der Waals surface area contributed by atoms with E-state index in [1.165, 1.54) is 6.08 Å². The third-order valence-corrected chi connectivity index (χ3v) is 8.12. The molecule has 0 aromatic heterocycles. The molecule has 6 nitrogen and oxygen atoms in total. The molecule has 0 unspecified atom stereocenters. The second-order valence-electron chi connectivity index (χ2n) is 10.4. The Morgan fingerprint density at radius 3 is 2.59 bits per heavy atom. The van der Waals surface area contributed by atoms with Crippen molar-refractivity contribution >= 4 is 11.8 Å². The van der Waals surface area contributed by atoms with Crippen molar-refractivity contribution in [1.29, 1.82) is 0 Å². The summed E-state index contributed by atoms with van der Waals surface area (Å²) >= 11 is 0. The van der Waals surface area contributed by atoms with Crippen LogP contribution in [0.5, 0.6) is 0 Å². The van der Waals surface area contributed by atoms with Crippen molar-refractivity contribution in [1.82, 2.24) is 4.90 Å². The number of carbonyl (C=O) groups is 2. The van der Waals surface area contributed by atoms with E-state index in [2.05, 4.69) is 20.8 Å². The zero-order valence-electron chi connectivity index (χ0n) is 18.5. The lowest BCUT2D eigenvalue weighted by molar-refractivity contribution is -0.176. The van der Waals surface area contributed by atoms with Crippen LogP contribution >= 0.6 is 0 Å². The van der Waals surface area contributed by atoms with E-state index in [-0.39, 0.29) is 28.4 Å². The topological polar surface area (TPSA) is 87.1 Å². The number of Topliss-reactive ketones (excluding diaryl/α,β-unsaturated/α-hetero) is 1. The SMILES string of the molecule is CN(C)CCOC(=O)/C=C1\CC[C@H]2[C@@H](C(=O)C[C@H]3C(C)(C)[C@@H](O)CC[C@]23C)[C@H]1O. The lowest BCUT2D eigenvalue weighted by Gasteiger charge is -2.61. The summed E-state index contributed by atoms with van der Waals surface area (Å²) in [6.07, 6.45) is 3.45. The molecule has 0 aromatic rings. The Bertz CT molecular complexity index is 685. The van der Waals surface area contributed by atoms with Crippen molar-refractivity contribution in [3.8, 4) is 0 Å². The van der Waals surface area contributed by atoms with Crippen LogP contribution in [0.2, 0.25) is 0 Å². The van der Waals surface area contributed by atoms with E-state index in [0.717, 1.165) is 19.3 Å². The van der Waals surface area contributed by atoms with Gasteiger partial charge in [0, 0.05) is 19.0 Å². The van der Waals surface area contributed by atoms with Gasteiger partial charge in [-0.25, -0.2) is 4.79 Å². The van der Waals surface area contributed by atoms with Crippen LogP contribution in [0.3, 0.4) is 0 Å². The van der Waals surface area contributed by atoms with Crippen LogP contribution in [0, 0.1) is 28.6 Å². The number of esters is 1. The van der Waals surface area contributed by atoms with E-state index in [4.69, 9.17) is 4.74 Å². The fraction of sp³-hybridized carbons (Fsp3) is 0.826. The average Bonchev–Trinajstić information content (AvgIpc) is 2.63. The highest BCUT2D eigenvalue weighted by Gasteiger charge is 2.61. The number of ketones is 1. The molecule has 6 heteroatoms. The third kappa shape index (κ3) is 4.04. The molecule has 0 saturated heterocycles. The summed E-state index contributed by atoms with van der Waals surface area (Å²) in [7, 11) is 3.82. The quantitative estimate of drug-likeness (QED) is 0.549. The Labute approximate surface area is 174 Å². The van der Waals surface area contributed by atoms with Crippen molar-refractivity contribution in [2.45, 2.75) is 65.1 Å². The Morgan fingerprint density at radius 1 is 1.24 bits per heavy atom.